The Bertz CT molecular complexity index is 759. The van der Waals surface area contributed by atoms with Gasteiger partial charge in [0, 0.05) is 11.3 Å². The SMILES string of the molecule is Cc1cc(C#N)c(=S)[nH]c1-c1ccc2c(c1)OCO2. The average Bonchev–Trinajstić information content (AvgIpc) is 2.88. The second kappa shape index (κ2) is 4.41. The summed E-state index contributed by atoms with van der Waals surface area (Å²) in [6.07, 6.45) is 0. The number of aryl methyl sites for hydroxylation is 1. The van der Waals surface area contributed by atoms with Crippen molar-refractivity contribution >= 4 is 12.2 Å². The second-order valence-electron chi connectivity index (χ2n) is 4.25. The predicted octanol–water partition coefficient (Wildman–Crippen LogP) is 3.32. The third-order valence-corrected chi connectivity index (χ3v) is 3.34. The summed E-state index contributed by atoms with van der Waals surface area (Å²) in [4.78, 5) is 3.10. The molecular formula is C14H10N2O2S. The summed E-state index contributed by atoms with van der Waals surface area (Å²) in [5, 5.41) is 8.96. The van der Waals surface area contributed by atoms with E-state index >= 15 is 0 Å². The quantitative estimate of drug-likeness (QED) is 0.808. The zero-order chi connectivity index (χ0) is 13.4. The van der Waals surface area contributed by atoms with Crippen LogP contribution in [0.4, 0.5) is 0 Å². The largest absolute Gasteiger partial charge is 0.454 e. The maximum Gasteiger partial charge on any atom is 0.231 e. The summed E-state index contributed by atoms with van der Waals surface area (Å²) in [5.41, 5.74) is 3.29. The van der Waals surface area contributed by atoms with Crippen molar-refractivity contribution in [2.45, 2.75) is 6.92 Å². The lowest BCUT2D eigenvalue weighted by Crippen LogP contribution is -1.93. The molecule has 0 radical (unpaired) electrons. The molecule has 1 N–H and O–H groups in total. The Morgan fingerprint density at radius 3 is 2.84 bits per heavy atom. The Labute approximate surface area is 115 Å². The summed E-state index contributed by atoms with van der Waals surface area (Å²) in [6.45, 7) is 2.19. The van der Waals surface area contributed by atoms with Crippen LogP contribution in [-0.2, 0) is 0 Å². The molecule has 0 aliphatic carbocycles. The number of benzene rings is 1. The molecule has 94 valence electrons. The second-order valence-corrected chi connectivity index (χ2v) is 4.66. The van der Waals surface area contributed by atoms with Crippen LogP contribution in [0.2, 0.25) is 0 Å². The fraction of sp³-hybridized carbons (Fsp3) is 0.143. The molecule has 0 bridgehead atoms. The molecular weight excluding hydrogens is 260 g/mol. The number of hydrogen-bond acceptors (Lipinski definition) is 4. The number of rotatable bonds is 1. The van der Waals surface area contributed by atoms with Crippen molar-refractivity contribution in [1.29, 1.82) is 5.26 Å². The lowest BCUT2D eigenvalue weighted by molar-refractivity contribution is 0.174. The molecule has 19 heavy (non-hydrogen) atoms. The number of aromatic amines is 1. The van der Waals surface area contributed by atoms with Crippen LogP contribution >= 0.6 is 12.2 Å². The molecule has 0 amide bonds. The molecule has 2 aromatic rings. The van der Waals surface area contributed by atoms with Crippen molar-refractivity contribution in [2.75, 3.05) is 6.79 Å². The fourth-order valence-electron chi connectivity index (χ4n) is 2.07. The molecule has 0 fully saturated rings. The lowest BCUT2D eigenvalue weighted by atomic mass is 10.0. The van der Waals surface area contributed by atoms with E-state index in [2.05, 4.69) is 11.1 Å². The Kier molecular flexibility index (Phi) is 2.73. The number of hydrogen-bond donors (Lipinski definition) is 1. The molecule has 5 heteroatoms. The molecule has 4 nitrogen and oxygen atoms in total. The van der Waals surface area contributed by atoms with Gasteiger partial charge in [-0.3, -0.25) is 0 Å². The minimum atomic E-state index is 0.251. The molecule has 3 rings (SSSR count). The number of pyridine rings is 1. The molecule has 1 aromatic carbocycles. The Hall–Kier alpha value is -2.32. The Morgan fingerprint density at radius 1 is 1.26 bits per heavy atom. The first-order chi connectivity index (χ1) is 9.19. The van der Waals surface area contributed by atoms with Gasteiger partial charge in [-0.15, -0.1) is 0 Å². The van der Waals surface area contributed by atoms with Gasteiger partial charge in [-0.25, -0.2) is 0 Å². The maximum atomic E-state index is 8.96. The molecule has 2 heterocycles. The number of H-pyrrole nitrogens is 1. The van der Waals surface area contributed by atoms with Crippen LogP contribution in [0.15, 0.2) is 24.3 Å². The zero-order valence-corrected chi connectivity index (χ0v) is 11.0. The van der Waals surface area contributed by atoms with Gasteiger partial charge in [-0.05, 0) is 36.8 Å². The first-order valence-electron chi connectivity index (χ1n) is 5.73. The highest BCUT2D eigenvalue weighted by Crippen LogP contribution is 2.36. The van der Waals surface area contributed by atoms with Gasteiger partial charge in [0.05, 0.1) is 5.56 Å². The minimum Gasteiger partial charge on any atom is -0.454 e. The van der Waals surface area contributed by atoms with Crippen molar-refractivity contribution in [3.05, 3.63) is 40.0 Å². The number of nitrogens with one attached hydrogen (secondary N) is 1. The number of aromatic nitrogens is 1. The highest BCUT2D eigenvalue weighted by Gasteiger charge is 2.15. The van der Waals surface area contributed by atoms with Gasteiger partial charge in [-0.2, -0.15) is 5.26 Å². The predicted molar refractivity (Wildman–Crippen MR) is 72.6 cm³/mol. The van der Waals surface area contributed by atoms with E-state index in [4.69, 9.17) is 27.0 Å². The molecule has 1 aliphatic heterocycles. The van der Waals surface area contributed by atoms with E-state index in [1.54, 1.807) is 6.07 Å². The van der Waals surface area contributed by atoms with E-state index in [9.17, 15) is 0 Å². The van der Waals surface area contributed by atoms with Gasteiger partial charge >= 0.3 is 0 Å². The van der Waals surface area contributed by atoms with E-state index in [-0.39, 0.29) is 6.79 Å². The number of ether oxygens (including phenoxy) is 2. The van der Waals surface area contributed by atoms with Crippen LogP contribution in [0.3, 0.4) is 0 Å². The first-order valence-corrected chi connectivity index (χ1v) is 6.14. The number of fused-ring (bicyclic) bond motifs is 1. The van der Waals surface area contributed by atoms with Gasteiger partial charge < -0.3 is 14.5 Å². The lowest BCUT2D eigenvalue weighted by Gasteiger charge is -2.08. The minimum absolute atomic E-state index is 0.251. The van der Waals surface area contributed by atoms with E-state index in [1.807, 2.05) is 25.1 Å². The third kappa shape index (κ3) is 1.96. The van der Waals surface area contributed by atoms with Crippen LogP contribution in [0.5, 0.6) is 11.5 Å². The number of nitrogens with zero attached hydrogens (tertiary/aromatic N) is 1. The van der Waals surface area contributed by atoms with Gasteiger partial charge in [0.1, 0.15) is 10.7 Å². The molecule has 0 saturated carbocycles. The summed E-state index contributed by atoms with van der Waals surface area (Å²) >= 11 is 5.16. The monoisotopic (exact) mass is 270 g/mol. The standard InChI is InChI=1S/C14H10N2O2S/c1-8-4-10(6-15)14(19)16-13(8)9-2-3-11-12(5-9)18-7-17-11/h2-5H,7H2,1H3,(H,16,19). The van der Waals surface area contributed by atoms with E-state index in [0.717, 1.165) is 28.3 Å². The molecule has 0 unspecified atom stereocenters. The molecule has 1 aliphatic rings. The van der Waals surface area contributed by atoms with Gasteiger partial charge in [0.15, 0.2) is 11.5 Å². The third-order valence-electron chi connectivity index (χ3n) is 3.02. The van der Waals surface area contributed by atoms with E-state index < -0.39 is 0 Å². The normalized spacial score (nSPS) is 12.2. The van der Waals surface area contributed by atoms with E-state index in [0.29, 0.717) is 10.2 Å². The van der Waals surface area contributed by atoms with Crippen molar-refractivity contribution in [3.63, 3.8) is 0 Å². The van der Waals surface area contributed by atoms with Gasteiger partial charge in [0.25, 0.3) is 0 Å². The van der Waals surface area contributed by atoms with Crippen molar-refractivity contribution in [1.82, 2.24) is 4.98 Å². The Morgan fingerprint density at radius 2 is 2.05 bits per heavy atom. The Balaban J connectivity index is 2.15. The van der Waals surface area contributed by atoms with Crippen LogP contribution in [-0.4, -0.2) is 11.8 Å². The zero-order valence-electron chi connectivity index (χ0n) is 10.2. The average molecular weight is 270 g/mol. The molecule has 0 spiro atoms. The van der Waals surface area contributed by atoms with E-state index in [1.165, 1.54) is 0 Å². The molecule has 1 aromatic heterocycles. The van der Waals surface area contributed by atoms with Crippen LogP contribution in [0, 0.1) is 22.9 Å². The van der Waals surface area contributed by atoms with Crippen molar-refractivity contribution in [3.8, 4) is 28.8 Å². The maximum absolute atomic E-state index is 8.96. The molecule has 0 atom stereocenters. The van der Waals surface area contributed by atoms with Gasteiger partial charge in [-0.1, -0.05) is 12.2 Å². The fourth-order valence-corrected chi connectivity index (χ4v) is 2.28. The first kappa shape index (κ1) is 11.8. The summed E-state index contributed by atoms with van der Waals surface area (Å²) in [5.74, 6) is 1.47. The molecule has 0 saturated heterocycles. The summed E-state index contributed by atoms with van der Waals surface area (Å²) in [6, 6.07) is 9.58. The smallest absolute Gasteiger partial charge is 0.231 e. The van der Waals surface area contributed by atoms with Crippen molar-refractivity contribution in [2.24, 2.45) is 0 Å². The van der Waals surface area contributed by atoms with Gasteiger partial charge in [0.2, 0.25) is 6.79 Å². The van der Waals surface area contributed by atoms with Crippen molar-refractivity contribution < 1.29 is 9.47 Å². The topological polar surface area (TPSA) is 58.0 Å². The highest BCUT2D eigenvalue weighted by atomic mass is 32.1. The highest BCUT2D eigenvalue weighted by molar-refractivity contribution is 7.71. The van der Waals surface area contributed by atoms with Crippen LogP contribution in [0.25, 0.3) is 11.3 Å². The number of nitriles is 1. The summed E-state index contributed by atoms with van der Waals surface area (Å²) < 4.78 is 11.1. The summed E-state index contributed by atoms with van der Waals surface area (Å²) in [7, 11) is 0. The van der Waals surface area contributed by atoms with Crippen LogP contribution < -0.4 is 9.47 Å². The van der Waals surface area contributed by atoms with Crippen LogP contribution in [0.1, 0.15) is 11.1 Å².